The predicted octanol–water partition coefficient (Wildman–Crippen LogP) is 4.63. The second-order valence-corrected chi connectivity index (χ2v) is 8.60. The van der Waals surface area contributed by atoms with E-state index in [0.717, 1.165) is 30.5 Å². The molecule has 0 radical (unpaired) electrons. The van der Waals surface area contributed by atoms with E-state index in [2.05, 4.69) is 42.3 Å². The minimum Gasteiger partial charge on any atom is -0.338 e. The first-order valence-electron chi connectivity index (χ1n) is 9.83. The van der Waals surface area contributed by atoms with Gasteiger partial charge in [0.1, 0.15) is 5.69 Å². The number of aryl methyl sites for hydroxylation is 1. The molecule has 2 saturated heterocycles. The lowest BCUT2D eigenvalue weighted by molar-refractivity contribution is 0.0759. The molecule has 1 amide bonds. The molecule has 5 rings (SSSR count). The van der Waals surface area contributed by atoms with Crippen LogP contribution in [0.4, 0.5) is 0 Å². The summed E-state index contributed by atoms with van der Waals surface area (Å²) >= 11 is 6.37. The Kier molecular flexibility index (Phi) is 5.36. The highest BCUT2D eigenvalue weighted by Crippen LogP contribution is 2.44. The lowest BCUT2D eigenvalue weighted by atomic mass is 9.90. The maximum absolute atomic E-state index is 13.4. The molecule has 2 aliphatic heterocycles. The van der Waals surface area contributed by atoms with E-state index < -0.39 is 0 Å². The molecule has 3 aromatic rings. The van der Waals surface area contributed by atoms with E-state index in [-0.39, 0.29) is 18.3 Å². The number of carbonyl (C=O) groups excluding carboxylic acids is 1. The van der Waals surface area contributed by atoms with Crippen LogP contribution >= 0.6 is 24.0 Å². The number of amides is 1. The van der Waals surface area contributed by atoms with Crippen molar-refractivity contribution in [3.63, 3.8) is 0 Å². The van der Waals surface area contributed by atoms with Gasteiger partial charge in [0.25, 0.3) is 5.91 Å². The maximum atomic E-state index is 13.4. The Bertz CT molecular complexity index is 1050. The summed E-state index contributed by atoms with van der Waals surface area (Å²) in [5, 5.41) is 1.70. The van der Waals surface area contributed by atoms with Crippen molar-refractivity contribution in [3.8, 4) is 0 Å². The molecule has 0 unspecified atom stereocenters. The summed E-state index contributed by atoms with van der Waals surface area (Å²) in [4.78, 5) is 17.8. The van der Waals surface area contributed by atoms with E-state index in [4.69, 9.17) is 11.6 Å². The Morgan fingerprint density at radius 2 is 1.76 bits per heavy atom. The van der Waals surface area contributed by atoms with Crippen molar-refractivity contribution in [2.45, 2.75) is 6.04 Å². The maximum Gasteiger partial charge on any atom is 0.270 e. The topological polar surface area (TPSA) is 28.5 Å². The smallest absolute Gasteiger partial charge is 0.270 e. The van der Waals surface area contributed by atoms with Crippen LogP contribution in [0.15, 0.2) is 54.6 Å². The van der Waals surface area contributed by atoms with Gasteiger partial charge in [0.15, 0.2) is 0 Å². The SMILES string of the molecule is CN1C[C@H]2CN(C(=O)c3cc4cccc(Cl)c4n3C)C[C@H]2[C@@H]1c1ccccc1.Cl. The second kappa shape index (κ2) is 7.67. The summed E-state index contributed by atoms with van der Waals surface area (Å²) in [6, 6.07) is 18.9. The fraction of sp³-hybridized carbons (Fsp3) is 0.348. The van der Waals surface area contributed by atoms with Gasteiger partial charge in [0.2, 0.25) is 0 Å². The normalized spacial score (nSPS) is 24.0. The lowest BCUT2D eigenvalue weighted by Gasteiger charge is -2.27. The fourth-order valence-electron chi connectivity index (χ4n) is 5.31. The van der Waals surface area contributed by atoms with E-state index in [1.165, 1.54) is 5.56 Å². The number of halogens is 2. The number of para-hydroxylation sites is 1. The summed E-state index contributed by atoms with van der Waals surface area (Å²) in [6.45, 7) is 2.67. The van der Waals surface area contributed by atoms with Crippen LogP contribution in [0.2, 0.25) is 5.02 Å². The molecule has 29 heavy (non-hydrogen) atoms. The van der Waals surface area contributed by atoms with Crippen LogP contribution in [-0.2, 0) is 7.05 Å². The average molecular weight is 430 g/mol. The first kappa shape index (κ1) is 20.3. The van der Waals surface area contributed by atoms with Crippen molar-refractivity contribution in [1.29, 1.82) is 0 Å². The first-order valence-corrected chi connectivity index (χ1v) is 10.2. The minimum atomic E-state index is 0. The van der Waals surface area contributed by atoms with E-state index in [1.807, 2.05) is 40.8 Å². The standard InChI is InChI=1S/C23H24ClN3O.ClH/c1-25-12-17-13-27(14-18(17)21(25)15-7-4-3-5-8-15)23(28)20-11-16-9-6-10-19(24)22(16)26(20)2;/h3-11,17-18,21H,12-14H2,1-2H3;1H/t17-,18+,21-;/m0./s1. The van der Waals surface area contributed by atoms with Crippen LogP contribution in [-0.4, -0.2) is 47.0 Å². The van der Waals surface area contributed by atoms with E-state index in [1.54, 1.807) is 0 Å². The van der Waals surface area contributed by atoms with E-state index >= 15 is 0 Å². The highest BCUT2D eigenvalue weighted by Gasteiger charge is 2.47. The van der Waals surface area contributed by atoms with Gasteiger partial charge in [-0.3, -0.25) is 9.69 Å². The average Bonchev–Trinajstić information content (AvgIpc) is 3.33. The molecule has 152 valence electrons. The number of nitrogens with zero attached hydrogens (tertiary/aromatic N) is 3. The van der Waals surface area contributed by atoms with Crippen LogP contribution in [0.3, 0.4) is 0 Å². The summed E-state index contributed by atoms with van der Waals surface area (Å²) in [5.41, 5.74) is 2.99. The highest BCUT2D eigenvalue weighted by molar-refractivity contribution is 6.35. The molecule has 3 heterocycles. The molecular formula is C23H25Cl2N3O. The molecule has 2 aromatic carbocycles. The van der Waals surface area contributed by atoms with Crippen LogP contribution in [0.1, 0.15) is 22.1 Å². The van der Waals surface area contributed by atoms with Crippen LogP contribution in [0.25, 0.3) is 10.9 Å². The van der Waals surface area contributed by atoms with E-state index in [0.29, 0.717) is 28.6 Å². The number of carbonyl (C=O) groups is 1. The molecular weight excluding hydrogens is 405 g/mol. The minimum absolute atomic E-state index is 0. The molecule has 1 aromatic heterocycles. The summed E-state index contributed by atoms with van der Waals surface area (Å²) in [6.07, 6.45) is 0. The molecule has 2 fully saturated rings. The summed E-state index contributed by atoms with van der Waals surface area (Å²) in [7, 11) is 4.13. The Morgan fingerprint density at radius 3 is 2.48 bits per heavy atom. The Labute approximate surface area is 182 Å². The molecule has 0 aliphatic carbocycles. The van der Waals surface area contributed by atoms with E-state index in [9.17, 15) is 4.79 Å². The van der Waals surface area contributed by atoms with Crippen molar-refractivity contribution in [1.82, 2.24) is 14.4 Å². The number of likely N-dealkylation sites (tertiary alicyclic amines) is 2. The van der Waals surface area contributed by atoms with Crippen LogP contribution < -0.4 is 0 Å². The largest absolute Gasteiger partial charge is 0.338 e. The molecule has 3 atom stereocenters. The predicted molar refractivity (Wildman–Crippen MR) is 120 cm³/mol. The molecule has 0 spiro atoms. The number of benzene rings is 2. The van der Waals surface area contributed by atoms with Gasteiger partial charge < -0.3 is 9.47 Å². The molecule has 2 aliphatic rings. The summed E-state index contributed by atoms with van der Waals surface area (Å²) < 4.78 is 1.94. The van der Waals surface area contributed by atoms with Gasteiger partial charge in [-0.15, -0.1) is 12.4 Å². The number of hydrogen-bond donors (Lipinski definition) is 0. The van der Waals surface area contributed by atoms with Crippen molar-refractivity contribution >= 4 is 40.8 Å². The van der Waals surface area contributed by atoms with Gasteiger partial charge in [0.05, 0.1) is 10.5 Å². The van der Waals surface area contributed by atoms with Crippen molar-refractivity contribution in [2.75, 3.05) is 26.7 Å². The third-order valence-corrected chi connectivity index (χ3v) is 6.85. The third kappa shape index (κ3) is 3.24. The molecule has 0 N–H and O–H groups in total. The number of hydrogen-bond acceptors (Lipinski definition) is 2. The Morgan fingerprint density at radius 1 is 1.00 bits per heavy atom. The van der Waals surface area contributed by atoms with Gasteiger partial charge in [-0.05, 0) is 30.7 Å². The van der Waals surface area contributed by atoms with Gasteiger partial charge in [-0.1, -0.05) is 54.1 Å². The second-order valence-electron chi connectivity index (χ2n) is 8.20. The van der Waals surface area contributed by atoms with Crippen LogP contribution in [0, 0.1) is 11.8 Å². The zero-order valence-corrected chi connectivity index (χ0v) is 18.2. The number of rotatable bonds is 2. The Balaban J connectivity index is 0.00000205. The number of aromatic nitrogens is 1. The van der Waals surface area contributed by atoms with Crippen molar-refractivity contribution in [2.24, 2.45) is 18.9 Å². The first-order chi connectivity index (χ1) is 13.5. The zero-order chi connectivity index (χ0) is 19.4. The monoisotopic (exact) mass is 429 g/mol. The van der Waals surface area contributed by atoms with Crippen molar-refractivity contribution < 1.29 is 4.79 Å². The molecule has 0 saturated carbocycles. The number of fused-ring (bicyclic) bond motifs is 2. The van der Waals surface area contributed by atoms with Gasteiger partial charge in [-0.2, -0.15) is 0 Å². The molecule has 4 nitrogen and oxygen atoms in total. The fourth-order valence-corrected chi connectivity index (χ4v) is 5.62. The highest BCUT2D eigenvalue weighted by atomic mass is 35.5. The van der Waals surface area contributed by atoms with Gasteiger partial charge >= 0.3 is 0 Å². The quantitative estimate of drug-likeness (QED) is 0.593. The third-order valence-electron chi connectivity index (χ3n) is 6.55. The summed E-state index contributed by atoms with van der Waals surface area (Å²) in [5.74, 6) is 1.12. The lowest BCUT2D eigenvalue weighted by Crippen LogP contribution is -2.34. The zero-order valence-electron chi connectivity index (χ0n) is 16.6. The molecule has 6 heteroatoms. The van der Waals surface area contributed by atoms with Crippen molar-refractivity contribution in [3.05, 3.63) is 70.9 Å². The molecule has 0 bridgehead atoms. The Hall–Kier alpha value is -2.01. The van der Waals surface area contributed by atoms with Gasteiger partial charge in [-0.25, -0.2) is 0 Å². The van der Waals surface area contributed by atoms with Crippen LogP contribution in [0.5, 0.6) is 0 Å². The van der Waals surface area contributed by atoms with Gasteiger partial charge in [0, 0.05) is 44.0 Å².